The number of hydrogen-bond acceptors (Lipinski definition) is 4. The number of methoxy groups -OCH3 is 2. The summed E-state index contributed by atoms with van der Waals surface area (Å²) in [4.78, 5) is 10.5. The minimum absolute atomic E-state index is 0.0652. The molecule has 5 nitrogen and oxygen atoms in total. The summed E-state index contributed by atoms with van der Waals surface area (Å²) in [5.41, 5.74) is 5.57. The SMILES string of the molecule is COc1ccc(OC)c(COC(N)=O)c1. The van der Waals surface area contributed by atoms with Crippen LogP contribution in [-0.4, -0.2) is 20.3 Å². The Balaban J connectivity index is 2.85. The van der Waals surface area contributed by atoms with Crippen molar-refractivity contribution in [1.82, 2.24) is 0 Å². The fourth-order valence-electron chi connectivity index (χ4n) is 1.14. The van der Waals surface area contributed by atoms with E-state index in [9.17, 15) is 4.79 Å². The molecule has 0 aliphatic rings. The monoisotopic (exact) mass is 211 g/mol. The zero-order valence-electron chi connectivity index (χ0n) is 8.65. The summed E-state index contributed by atoms with van der Waals surface area (Å²) in [6.07, 6.45) is -0.820. The van der Waals surface area contributed by atoms with E-state index in [1.807, 2.05) is 0 Å². The first-order chi connectivity index (χ1) is 7.17. The van der Waals surface area contributed by atoms with Gasteiger partial charge in [-0.15, -0.1) is 0 Å². The van der Waals surface area contributed by atoms with E-state index in [0.717, 1.165) is 0 Å². The van der Waals surface area contributed by atoms with E-state index in [4.69, 9.17) is 15.2 Å². The number of benzene rings is 1. The van der Waals surface area contributed by atoms with Gasteiger partial charge in [-0.05, 0) is 18.2 Å². The van der Waals surface area contributed by atoms with E-state index in [2.05, 4.69) is 4.74 Å². The van der Waals surface area contributed by atoms with Gasteiger partial charge in [0.05, 0.1) is 14.2 Å². The first kappa shape index (κ1) is 11.2. The lowest BCUT2D eigenvalue weighted by molar-refractivity contribution is 0.149. The van der Waals surface area contributed by atoms with Crippen molar-refractivity contribution in [3.63, 3.8) is 0 Å². The Kier molecular flexibility index (Phi) is 3.79. The lowest BCUT2D eigenvalue weighted by Crippen LogP contribution is -2.13. The van der Waals surface area contributed by atoms with Crippen LogP contribution < -0.4 is 15.2 Å². The molecule has 0 aliphatic carbocycles. The molecule has 0 saturated carbocycles. The Hall–Kier alpha value is -1.91. The lowest BCUT2D eigenvalue weighted by atomic mass is 10.2. The van der Waals surface area contributed by atoms with Crippen molar-refractivity contribution in [3.8, 4) is 11.5 Å². The highest BCUT2D eigenvalue weighted by molar-refractivity contribution is 5.64. The van der Waals surface area contributed by atoms with Crippen molar-refractivity contribution in [2.45, 2.75) is 6.61 Å². The van der Waals surface area contributed by atoms with Crippen LogP contribution in [0, 0.1) is 0 Å². The summed E-state index contributed by atoms with van der Waals surface area (Å²) in [5, 5.41) is 0. The number of hydrogen-bond donors (Lipinski definition) is 1. The Morgan fingerprint density at radius 2 is 2.07 bits per heavy atom. The maximum atomic E-state index is 10.5. The second-order valence-electron chi connectivity index (χ2n) is 2.79. The Morgan fingerprint density at radius 3 is 2.60 bits per heavy atom. The predicted molar refractivity (Wildman–Crippen MR) is 53.9 cm³/mol. The maximum Gasteiger partial charge on any atom is 0.404 e. The van der Waals surface area contributed by atoms with Gasteiger partial charge in [0.2, 0.25) is 0 Å². The molecule has 0 aromatic heterocycles. The third kappa shape index (κ3) is 3.05. The number of amides is 1. The van der Waals surface area contributed by atoms with Gasteiger partial charge >= 0.3 is 6.09 Å². The lowest BCUT2D eigenvalue weighted by Gasteiger charge is -2.09. The Bertz CT molecular complexity index is 351. The van der Waals surface area contributed by atoms with Gasteiger partial charge in [0.15, 0.2) is 0 Å². The van der Waals surface area contributed by atoms with E-state index >= 15 is 0 Å². The van der Waals surface area contributed by atoms with Crippen LogP contribution in [0.2, 0.25) is 0 Å². The van der Waals surface area contributed by atoms with Crippen molar-refractivity contribution in [3.05, 3.63) is 23.8 Å². The van der Waals surface area contributed by atoms with Gasteiger partial charge < -0.3 is 19.9 Å². The molecular weight excluding hydrogens is 198 g/mol. The van der Waals surface area contributed by atoms with E-state index in [1.54, 1.807) is 25.3 Å². The molecule has 0 heterocycles. The summed E-state index contributed by atoms with van der Waals surface area (Å²) in [6, 6.07) is 5.22. The second-order valence-corrected chi connectivity index (χ2v) is 2.79. The average Bonchev–Trinajstić information content (AvgIpc) is 2.25. The number of carbonyl (C=O) groups is 1. The minimum atomic E-state index is -0.820. The molecule has 82 valence electrons. The first-order valence-corrected chi connectivity index (χ1v) is 4.30. The molecule has 0 unspecified atom stereocenters. The molecule has 1 rings (SSSR count). The van der Waals surface area contributed by atoms with Crippen molar-refractivity contribution in [2.24, 2.45) is 5.73 Å². The minimum Gasteiger partial charge on any atom is -0.497 e. The molecule has 0 aliphatic heterocycles. The van der Waals surface area contributed by atoms with E-state index in [1.165, 1.54) is 7.11 Å². The van der Waals surface area contributed by atoms with E-state index in [-0.39, 0.29) is 6.61 Å². The highest BCUT2D eigenvalue weighted by Crippen LogP contribution is 2.24. The van der Waals surface area contributed by atoms with Gasteiger partial charge in [0, 0.05) is 5.56 Å². The molecule has 1 aromatic rings. The predicted octanol–water partition coefficient (Wildman–Crippen LogP) is 1.30. The van der Waals surface area contributed by atoms with Gasteiger partial charge in [0.1, 0.15) is 18.1 Å². The molecular formula is C10H13NO4. The van der Waals surface area contributed by atoms with Gasteiger partial charge in [-0.25, -0.2) is 4.79 Å². The third-order valence-corrected chi connectivity index (χ3v) is 1.86. The molecule has 1 amide bonds. The highest BCUT2D eigenvalue weighted by atomic mass is 16.5. The number of ether oxygens (including phenoxy) is 3. The van der Waals surface area contributed by atoms with E-state index < -0.39 is 6.09 Å². The Morgan fingerprint density at radius 1 is 1.33 bits per heavy atom. The van der Waals surface area contributed by atoms with Crippen LogP contribution in [0.5, 0.6) is 11.5 Å². The normalized spacial score (nSPS) is 9.47. The zero-order valence-corrected chi connectivity index (χ0v) is 8.65. The summed E-state index contributed by atoms with van der Waals surface area (Å²) < 4.78 is 14.8. The molecule has 0 radical (unpaired) electrons. The molecule has 15 heavy (non-hydrogen) atoms. The maximum absolute atomic E-state index is 10.5. The number of nitrogens with two attached hydrogens (primary N) is 1. The fourth-order valence-corrected chi connectivity index (χ4v) is 1.14. The molecule has 5 heteroatoms. The van der Waals surface area contributed by atoms with Crippen molar-refractivity contribution in [1.29, 1.82) is 0 Å². The summed E-state index contributed by atoms with van der Waals surface area (Å²) in [6.45, 7) is 0.0652. The Labute approximate surface area is 87.7 Å². The number of rotatable bonds is 4. The largest absolute Gasteiger partial charge is 0.497 e. The zero-order chi connectivity index (χ0) is 11.3. The molecule has 2 N–H and O–H groups in total. The van der Waals surface area contributed by atoms with Crippen molar-refractivity contribution < 1.29 is 19.0 Å². The summed E-state index contributed by atoms with van der Waals surface area (Å²) in [5.74, 6) is 1.29. The van der Waals surface area contributed by atoms with Gasteiger partial charge in [0.25, 0.3) is 0 Å². The first-order valence-electron chi connectivity index (χ1n) is 4.30. The van der Waals surface area contributed by atoms with Gasteiger partial charge in [-0.2, -0.15) is 0 Å². The molecule has 0 saturated heterocycles. The van der Waals surface area contributed by atoms with Crippen LogP contribution in [0.3, 0.4) is 0 Å². The number of carbonyl (C=O) groups excluding carboxylic acids is 1. The average molecular weight is 211 g/mol. The van der Waals surface area contributed by atoms with Crippen LogP contribution in [0.25, 0.3) is 0 Å². The molecule has 0 bridgehead atoms. The standard InChI is InChI=1S/C10H13NO4/c1-13-8-3-4-9(14-2)7(5-8)6-15-10(11)12/h3-5H,6H2,1-2H3,(H2,11,12). The van der Waals surface area contributed by atoms with Crippen molar-refractivity contribution >= 4 is 6.09 Å². The molecule has 0 spiro atoms. The second kappa shape index (κ2) is 5.09. The quantitative estimate of drug-likeness (QED) is 0.814. The van der Waals surface area contributed by atoms with Crippen LogP contribution >= 0.6 is 0 Å². The smallest absolute Gasteiger partial charge is 0.404 e. The molecule has 1 aromatic carbocycles. The van der Waals surface area contributed by atoms with Crippen molar-refractivity contribution in [2.75, 3.05) is 14.2 Å². The molecule has 0 fully saturated rings. The van der Waals surface area contributed by atoms with E-state index in [0.29, 0.717) is 17.1 Å². The molecule has 0 atom stereocenters. The van der Waals surface area contributed by atoms with Crippen LogP contribution in [-0.2, 0) is 11.3 Å². The number of primary amides is 1. The summed E-state index contributed by atoms with van der Waals surface area (Å²) >= 11 is 0. The third-order valence-electron chi connectivity index (χ3n) is 1.86. The summed E-state index contributed by atoms with van der Waals surface area (Å²) in [7, 11) is 3.09. The highest BCUT2D eigenvalue weighted by Gasteiger charge is 2.06. The fraction of sp³-hybridized carbons (Fsp3) is 0.300. The van der Waals surface area contributed by atoms with Crippen LogP contribution in [0.1, 0.15) is 5.56 Å². The van der Waals surface area contributed by atoms with Crippen LogP contribution in [0.15, 0.2) is 18.2 Å². The topological polar surface area (TPSA) is 70.8 Å². The van der Waals surface area contributed by atoms with Gasteiger partial charge in [-0.3, -0.25) is 0 Å². The van der Waals surface area contributed by atoms with Crippen LogP contribution in [0.4, 0.5) is 4.79 Å². The van der Waals surface area contributed by atoms with Gasteiger partial charge in [-0.1, -0.05) is 0 Å².